The third-order valence-corrected chi connectivity index (χ3v) is 9.22. The molecule has 4 heteroatoms. The molecule has 0 heterocycles. The number of carbonyl (C=O) groups is 2. The molecule has 43 heavy (non-hydrogen) atoms. The molecule has 0 aliphatic rings. The highest BCUT2D eigenvalue weighted by Crippen LogP contribution is 2.42. The molecule has 2 atom stereocenters. The highest BCUT2D eigenvalue weighted by Gasteiger charge is 2.46. The number of carbonyl (C=O) groups excluding carboxylic acids is 2. The predicted molar refractivity (Wildman–Crippen MR) is 180 cm³/mol. The summed E-state index contributed by atoms with van der Waals surface area (Å²) in [6, 6.07) is 15.8. The standard InChI is InChI=1S/C39H60O4/c1-7-13-15-17-21-31-23-27-33(28-24-31)37(40)42-35(19-9-3)39(11-5,12-6)36(20-10-4)43-38(41)34-29-25-32(26-30-34)22-18-16-14-8-2/h23-30,35-36H,7-22H2,1-6H3. The minimum Gasteiger partial charge on any atom is -0.458 e. The van der Waals surface area contributed by atoms with Gasteiger partial charge in [-0.3, -0.25) is 0 Å². The SMILES string of the molecule is CCCCCCc1ccc(C(=O)OC(CCC)C(CC)(CC)C(CCC)OC(=O)c2ccc(CCCCCC)cc2)cc1. The molecule has 0 saturated heterocycles. The lowest BCUT2D eigenvalue weighted by atomic mass is 9.69. The van der Waals surface area contributed by atoms with Crippen LogP contribution in [0.15, 0.2) is 48.5 Å². The normalized spacial score (nSPS) is 13.0. The maximum absolute atomic E-state index is 13.5. The van der Waals surface area contributed by atoms with E-state index in [9.17, 15) is 9.59 Å². The molecular formula is C39H60O4. The zero-order valence-electron chi connectivity index (χ0n) is 28.2. The molecule has 0 aromatic heterocycles. The van der Waals surface area contributed by atoms with E-state index in [1.165, 1.54) is 62.5 Å². The Morgan fingerprint density at radius 3 is 1.21 bits per heavy atom. The fourth-order valence-electron chi connectivity index (χ4n) is 6.34. The molecule has 0 aliphatic carbocycles. The van der Waals surface area contributed by atoms with Crippen LogP contribution in [0.5, 0.6) is 0 Å². The van der Waals surface area contributed by atoms with Gasteiger partial charge in [-0.15, -0.1) is 0 Å². The summed E-state index contributed by atoms with van der Waals surface area (Å²) in [5.41, 5.74) is 3.22. The van der Waals surface area contributed by atoms with Gasteiger partial charge in [0.25, 0.3) is 0 Å². The zero-order chi connectivity index (χ0) is 31.5. The van der Waals surface area contributed by atoms with E-state index >= 15 is 0 Å². The minimum absolute atomic E-state index is 0.293. The van der Waals surface area contributed by atoms with E-state index in [-0.39, 0.29) is 24.1 Å². The number of hydrogen-bond donors (Lipinski definition) is 0. The van der Waals surface area contributed by atoms with Crippen molar-refractivity contribution in [1.82, 2.24) is 0 Å². The minimum atomic E-state index is -0.463. The molecule has 0 saturated carbocycles. The van der Waals surface area contributed by atoms with Crippen LogP contribution in [-0.4, -0.2) is 24.1 Å². The second-order valence-electron chi connectivity index (χ2n) is 12.3. The molecule has 2 unspecified atom stereocenters. The van der Waals surface area contributed by atoms with Gasteiger partial charge in [0.15, 0.2) is 0 Å². The highest BCUT2D eigenvalue weighted by molar-refractivity contribution is 5.90. The molecule has 4 nitrogen and oxygen atoms in total. The van der Waals surface area contributed by atoms with Crippen LogP contribution in [0, 0.1) is 5.41 Å². The number of benzene rings is 2. The molecule has 2 aromatic rings. The van der Waals surface area contributed by atoms with Crippen molar-refractivity contribution in [3.8, 4) is 0 Å². The second-order valence-corrected chi connectivity index (χ2v) is 12.3. The zero-order valence-corrected chi connectivity index (χ0v) is 28.2. The topological polar surface area (TPSA) is 52.6 Å². The lowest BCUT2D eigenvalue weighted by Gasteiger charge is -2.44. The van der Waals surface area contributed by atoms with Crippen LogP contribution in [0.25, 0.3) is 0 Å². The monoisotopic (exact) mass is 592 g/mol. The third-order valence-electron chi connectivity index (χ3n) is 9.22. The summed E-state index contributed by atoms with van der Waals surface area (Å²) in [4.78, 5) is 26.9. The first kappa shape index (κ1) is 36.6. The Morgan fingerprint density at radius 2 is 0.907 bits per heavy atom. The Kier molecular flexibility index (Phi) is 17.3. The van der Waals surface area contributed by atoms with Gasteiger partial charge in [-0.1, -0.05) is 117 Å². The summed E-state index contributed by atoms with van der Waals surface area (Å²) in [6.07, 6.45) is 15.9. The maximum atomic E-state index is 13.5. The van der Waals surface area contributed by atoms with Crippen LogP contribution in [0.2, 0.25) is 0 Å². The Morgan fingerprint density at radius 1 is 0.535 bits per heavy atom. The van der Waals surface area contributed by atoms with Crippen LogP contribution in [0.1, 0.15) is 163 Å². The van der Waals surface area contributed by atoms with E-state index in [0.29, 0.717) is 11.1 Å². The van der Waals surface area contributed by atoms with Crippen LogP contribution >= 0.6 is 0 Å². The van der Waals surface area contributed by atoms with E-state index in [1.807, 2.05) is 24.3 Å². The first-order valence-corrected chi connectivity index (χ1v) is 17.5. The Balaban J connectivity index is 2.19. The number of ether oxygens (including phenoxy) is 2. The fourth-order valence-corrected chi connectivity index (χ4v) is 6.34. The van der Waals surface area contributed by atoms with Gasteiger partial charge in [-0.2, -0.15) is 0 Å². The molecular weight excluding hydrogens is 532 g/mol. The van der Waals surface area contributed by atoms with Crippen molar-refractivity contribution in [2.45, 2.75) is 156 Å². The molecule has 2 aromatic carbocycles. The lowest BCUT2D eigenvalue weighted by molar-refractivity contribution is -0.0984. The molecule has 0 spiro atoms. The summed E-state index contributed by atoms with van der Waals surface area (Å²) < 4.78 is 12.7. The van der Waals surface area contributed by atoms with E-state index in [2.05, 4.69) is 65.8 Å². The Labute approximate surface area is 263 Å². The largest absolute Gasteiger partial charge is 0.458 e. The van der Waals surface area contributed by atoms with E-state index < -0.39 is 5.41 Å². The number of aryl methyl sites for hydroxylation is 2. The smallest absolute Gasteiger partial charge is 0.338 e. The van der Waals surface area contributed by atoms with Gasteiger partial charge >= 0.3 is 11.9 Å². The van der Waals surface area contributed by atoms with Gasteiger partial charge in [0.2, 0.25) is 0 Å². The van der Waals surface area contributed by atoms with Crippen LogP contribution < -0.4 is 0 Å². The average molecular weight is 593 g/mol. The molecule has 240 valence electrons. The van der Waals surface area contributed by atoms with Gasteiger partial charge in [-0.25, -0.2) is 9.59 Å². The first-order chi connectivity index (χ1) is 20.9. The van der Waals surface area contributed by atoms with Crippen molar-refractivity contribution in [2.75, 3.05) is 0 Å². The first-order valence-electron chi connectivity index (χ1n) is 17.5. The quantitative estimate of drug-likeness (QED) is 0.101. The third kappa shape index (κ3) is 11.4. The molecule has 0 bridgehead atoms. The summed E-state index contributed by atoms with van der Waals surface area (Å²) in [7, 11) is 0. The Bertz CT molecular complexity index is 954. The van der Waals surface area contributed by atoms with Gasteiger partial charge in [-0.05, 0) is 86.8 Å². The van der Waals surface area contributed by atoms with Crippen molar-refractivity contribution in [3.63, 3.8) is 0 Å². The van der Waals surface area contributed by atoms with E-state index in [0.717, 1.165) is 51.4 Å². The second kappa shape index (κ2) is 20.4. The summed E-state index contributed by atoms with van der Waals surface area (Å²) >= 11 is 0. The molecule has 0 fully saturated rings. The number of unbranched alkanes of at least 4 members (excludes halogenated alkanes) is 6. The van der Waals surface area contributed by atoms with Crippen molar-refractivity contribution >= 4 is 11.9 Å². The van der Waals surface area contributed by atoms with Gasteiger partial charge in [0.1, 0.15) is 12.2 Å². The number of esters is 2. The van der Waals surface area contributed by atoms with Crippen molar-refractivity contribution in [3.05, 3.63) is 70.8 Å². The maximum Gasteiger partial charge on any atom is 0.338 e. The Hall–Kier alpha value is -2.62. The molecule has 0 amide bonds. The van der Waals surface area contributed by atoms with Gasteiger partial charge < -0.3 is 9.47 Å². The van der Waals surface area contributed by atoms with Crippen LogP contribution in [0.3, 0.4) is 0 Å². The number of rotatable bonds is 22. The molecule has 0 radical (unpaired) electrons. The van der Waals surface area contributed by atoms with E-state index in [1.54, 1.807) is 0 Å². The lowest BCUT2D eigenvalue weighted by Crippen LogP contribution is -2.48. The highest BCUT2D eigenvalue weighted by atomic mass is 16.6. The van der Waals surface area contributed by atoms with Crippen molar-refractivity contribution in [2.24, 2.45) is 5.41 Å². The summed E-state index contributed by atoms with van der Waals surface area (Å²) in [5, 5.41) is 0. The van der Waals surface area contributed by atoms with Crippen LogP contribution in [0.4, 0.5) is 0 Å². The van der Waals surface area contributed by atoms with Crippen molar-refractivity contribution in [1.29, 1.82) is 0 Å². The van der Waals surface area contributed by atoms with Crippen molar-refractivity contribution < 1.29 is 19.1 Å². The predicted octanol–water partition coefficient (Wildman–Crippen LogP) is 11.1. The fraction of sp³-hybridized carbons (Fsp3) is 0.641. The summed E-state index contributed by atoms with van der Waals surface area (Å²) in [6.45, 7) is 13.0. The van der Waals surface area contributed by atoms with Crippen LogP contribution in [-0.2, 0) is 22.3 Å². The molecule has 2 rings (SSSR count). The van der Waals surface area contributed by atoms with E-state index in [4.69, 9.17) is 9.47 Å². The molecule has 0 N–H and O–H groups in total. The number of hydrogen-bond acceptors (Lipinski definition) is 4. The average Bonchev–Trinajstić information content (AvgIpc) is 3.03. The molecule has 0 aliphatic heterocycles. The van der Waals surface area contributed by atoms with Gasteiger partial charge in [0.05, 0.1) is 11.1 Å². The summed E-state index contributed by atoms with van der Waals surface area (Å²) in [5.74, 6) is -0.586. The van der Waals surface area contributed by atoms with Gasteiger partial charge in [0, 0.05) is 5.41 Å².